The fourth-order valence-corrected chi connectivity index (χ4v) is 6.46. The third kappa shape index (κ3) is 2.47. The summed E-state index contributed by atoms with van der Waals surface area (Å²) < 4.78 is 3.56. The van der Waals surface area contributed by atoms with Gasteiger partial charge in [0.15, 0.2) is 0 Å². The monoisotopic (exact) mass is 487 g/mol. The van der Waals surface area contributed by atoms with Gasteiger partial charge in [0.1, 0.15) is 0 Å². The molecule has 6 aromatic rings. The second kappa shape index (κ2) is 6.59. The SMILES string of the molecule is CC1(C)c2ccccc2-c2ccc(-n3c4ccccc4c4c5ccccc5c(Br)cc43)cc21. The van der Waals surface area contributed by atoms with Gasteiger partial charge in [-0.1, -0.05) is 103 Å². The lowest BCUT2D eigenvalue weighted by Gasteiger charge is -2.22. The molecular formula is C31H22BrN. The van der Waals surface area contributed by atoms with Crippen LogP contribution in [0.3, 0.4) is 0 Å². The molecule has 0 radical (unpaired) electrons. The molecular weight excluding hydrogens is 466 g/mol. The maximum atomic E-state index is 3.86. The average Bonchev–Trinajstić information content (AvgIpc) is 3.29. The van der Waals surface area contributed by atoms with E-state index in [1.165, 1.54) is 60.5 Å². The Balaban J connectivity index is 1.60. The highest BCUT2D eigenvalue weighted by atomic mass is 79.9. The molecule has 0 saturated heterocycles. The van der Waals surface area contributed by atoms with Crippen molar-refractivity contribution in [3.63, 3.8) is 0 Å². The standard InChI is InChI=1S/C31H22BrN/c1-31(2)25-13-7-5-9-20(25)21-16-15-19(17-26(21)31)33-28-14-8-6-12-24(28)30-23-11-4-3-10-22(23)27(32)18-29(30)33/h3-18H,1-2H3. The van der Waals surface area contributed by atoms with Crippen LogP contribution in [-0.4, -0.2) is 4.57 Å². The Labute approximate surface area is 201 Å². The number of para-hydroxylation sites is 1. The van der Waals surface area contributed by atoms with Gasteiger partial charge in [-0.15, -0.1) is 0 Å². The molecule has 0 aliphatic heterocycles. The first-order valence-corrected chi connectivity index (χ1v) is 12.2. The molecule has 1 aromatic heterocycles. The number of hydrogen-bond donors (Lipinski definition) is 0. The average molecular weight is 488 g/mol. The molecule has 0 N–H and O–H groups in total. The first-order valence-electron chi connectivity index (χ1n) is 11.4. The first kappa shape index (κ1) is 19.1. The zero-order valence-electron chi connectivity index (χ0n) is 18.6. The highest BCUT2D eigenvalue weighted by molar-refractivity contribution is 9.10. The Morgan fingerprint density at radius 1 is 0.606 bits per heavy atom. The molecule has 0 spiro atoms. The Morgan fingerprint density at radius 2 is 1.27 bits per heavy atom. The molecule has 7 rings (SSSR count). The normalized spacial score (nSPS) is 14.2. The van der Waals surface area contributed by atoms with E-state index in [1.54, 1.807) is 0 Å². The van der Waals surface area contributed by atoms with Crippen molar-refractivity contribution in [3.8, 4) is 16.8 Å². The number of aromatic nitrogens is 1. The number of benzene rings is 5. The summed E-state index contributed by atoms with van der Waals surface area (Å²) in [5, 5.41) is 5.14. The minimum atomic E-state index is -0.0199. The molecule has 0 amide bonds. The van der Waals surface area contributed by atoms with Crippen LogP contribution >= 0.6 is 15.9 Å². The number of rotatable bonds is 1. The number of fused-ring (bicyclic) bond motifs is 8. The maximum Gasteiger partial charge on any atom is 0.0558 e. The highest BCUT2D eigenvalue weighted by Crippen LogP contribution is 2.49. The molecule has 1 aliphatic carbocycles. The van der Waals surface area contributed by atoms with Crippen LogP contribution in [0.15, 0.2) is 102 Å². The summed E-state index contributed by atoms with van der Waals surface area (Å²) in [6, 6.07) is 35.6. The first-order chi connectivity index (χ1) is 16.1. The summed E-state index contributed by atoms with van der Waals surface area (Å²) in [5.41, 5.74) is 9.18. The lowest BCUT2D eigenvalue weighted by Crippen LogP contribution is -2.15. The molecule has 0 bridgehead atoms. The minimum Gasteiger partial charge on any atom is -0.309 e. The zero-order valence-corrected chi connectivity index (χ0v) is 20.1. The van der Waals surface area contributed by atoms with Gasteiger partial charge >= 0.3 is 0 Å². The van der Waals surface area contributed by atoms with Crippen molar-refractivity contribution >= 4 is 48.5 Å². The molecule has 33 heavy (non-hydrogen) atoms. The lowest BCUT2D eigenvalue weighted by molar-refractivity contribution is 0.660. The number of halogens is 1. The predicted octanol–water partition coefficient (Wildman–Crippen LogP) is 9.01. The summed E-state index contributed by atoms with van der Waals surface area (Å²) in [6.07, 6.45) is 0. The Hall–Kier alpha value is -3.36. The van der Waals surface area contributed by atoms with Gasteiger partial charge in [0.2, 0.25) is 0 Å². The smallest absolute Gasteiger partial charge is 0.0558 e. The van der Waals surface area contributed by atoms with Crippen LogP contribution in [0.1, 0.15) is 25.0 Å². The molecule has 0 unspecified atom stereocenters. The largest absolute Gasteiger partial charge is 0.309 e. The Kier molecular flexibility index (Phi) is 3.82. The van der Waals surface area contributed by atoms with Gasteiger partial charge < -0.3 is 4.57 Å². The van der Waals surface area contributed by atoms with Gasteiger partial charge in [-0.2, -0.15) is 0 Å². The van der Waals surface area contributed by atoms with Crippen LogP contribution in [0.4, 0.5) is 0 Å². The summed E-state index contributed by atoms with van der Waals surface area (Å²) >= 11 is 3.86. The van der Waals surface area contributed by atoms with Crippen molar-refractivity contribution in [1.82, 2.24) is 4.57 Å². The fraction of sp³-hybridized carbons (Fsp3) is 0.0968. The van der Waals surface area contributed by atoms with Crippen LogP contribution in [-0.2, 0) is 5.41 Å². The second-order valence-electron chi connectivity index (χ2n) is 9.55. The molecule has 1 heterocycles. The molecule has 0 saturated carbocycles. The molecule has 0 atom stereocenters. The van der Waals surface area contributed by atoms with Gasteiger partial charge in [0, 0.05) is 26.3 Å². The van der Waals surface area contributed by atoms with Gasteiger partial charge in [-0.25, -0.2) is 0 Å². The Morgan fingerprint density at radius 3 is 2.12 bits per heavy atom. The van der Waals surface area contributed by atoms with Crippen LogP contribution in [0.5, 0.6) is 0 Å². The van der Waals surface area contributed by atoms with E-state index >= 15 is 0 Å². The molecule has 2 heteroatoms. The number of nitrogens with zero attached hydrogens (tertiary/aromatic N) is 1. The maximum absolute atomic E-state index is 3.86. The topological polar surface area (TPSA) is 4.93 Å². The van der Waals surface area contributed by atoms with Crippen LogP contribution in [0, 0.1) is 0 Å². The quantitative estimate of drug-likeness (QED) is 0.218. The zero-order chi connectivity index (χ0) is 22.3. The van der Waals surface area contributed by atoms with Crippen molar-refractivity contribution in [1.29, 1.82) is 0 Å². The second-order valence-corrected chi connectivity index (χ2v) is 10.4. The molecule has 1 aliphatic rings. The van der Waals surface area contributed by atoms with Gasteiger partial charge in [0.05, 0.1) is 11.0 Å². The van der Waals surface area contributed by atoms with Crippen molar-refractivity contribution in [3.05, 3.63) is 113 Å². The molecule has 1 nitrogen and oxygen atoms in total. The predicted molar refractivity (Wildman–Crippen MR) is 144 cm³/mol. The van der Waals surface area contributed by atoms with E-state index < -0.39 is 0 Å². The lowest BCUT2D eigenvalue weighted by atomic mass is 9.82. The van der Waals surface area contributed by atoms with Crippen molar-refractivity contribution in [2.24, 2.45) is 0 Å². The summed E-state index contributed by atoms with van der Waals surface area (Å²) in [5.74, 6) is 0. The van der Waals surface area contributed by atoms with Gasteiger partial charge in [0.25, 0.3) is 0 Å². The summed E-state index contributed by atoms with van der Waals surface area (Å²) in [7, 11) is 0. The van der Waals surface area contributed by atoms with E-state index in [9.17, 15) is 0 Å². The summed E-state index contributed by atoms with van der Waals surface area (Å²) in [6.45, 7) is 4.69. The molecule has 158 valence electrons. The highest BCUT2D eigenvalue weighted by Gasteiger charge is 2.35. The van der Waals surface area contributed by atoms with Crippen molar-refractivity contribution in [2.45, 2.75) is 19.3 Å². The van der Waals surface area contributed by atoms with E-state index in [2.05, 4.69) is 131 Å². The van der Waals surface area contributed by atoms with Crippen LogP contribution < -0.4 is 0 Å². The van der Waals surface area contributed by atoms with Crippen molar-refractivity contribution in [2.75, 3.05) is 0 Å². The molecule has 5 aromatic carbocycles. The van der Waals surface area contributed by atoms with Crippen LogP contribution in [0.2, 0.25) is 0 Å². The van der Waals surface area contributed by atoms with Crippen LogP contribution in [0.25, 0.3) is 49.4 Å². The number of hydrogen-bond acceptors (Lipinski definition) is 0. The van der Waals surface area contributed by atoms with E-state index in [0.717, 1.165) is 4.47 Å². The Bertz CT molecular complexity index is 1750. The van der Waals surface area contributed by atoms with E-state index in [0.29, 0.717) is 0 Å². The minimum absolute atomic E-state index is 0.0199. The third-order valence-corrected chi connectivity index (χ3v) is 8.11. The van der Waals surface area contributed by atoms with Gasteiger partial charge in [-0.3, -0.25) is 0 Å². The molecule has 0 fully saturated rings. The van der Waals surface area contributed by atoms with E-state index in [4.69, 9.17) is 0 Å². The van der Waals surface area contributed by atoms with E-state index in [-0.39, 0.29) is 5.41 Å². The summed E-state index contributed by atoms with van der Waals surface area (Å²) in [4.78, 5) is 0. The third-order valence-electron chi connectivity index (χ3n) is 7.45. The van der Waals surface area contributed by atoms with Crippen molar-refractivity contribution < 1.29 is 0 Å². The fourth-order valence-electron chi connectivity index (χ4n) is 5.90. The van der Waals surface area contributed by atoms with E-state index in [1.807, 2.05) is 0 Å². The van der Waals surface area contributed by atoms with Gasteiger partial charge in [-0.05, 0) is 57.3 Å².